The van der Waals surface area contributed by atoms with Gasteiger partial charge in [-0.3, -0.25) is 4.79 Å². The highest BCUT2D eigenvalue weighted by atomic mass is 35.5. The number of aliphatic hydroxyl groups is 1. The predicted molar refractivity (Wildman–Crippen MR) is 100 cm³/mol. The summed E-state index contributed by atoms with van der Waals surface area (Å²) in [6.07, 6.45) is 0. The molecule has 26 heavy (non-hydrogen) atoms. The Labute approximate surface area is 157 Å². The molecule has 0 bridgehead atoms. The lowest BCUT2D eigenvalue weighted by atomic mass is 10.1. The molecule has 2 aromatic rings. The molecule has 0 saturated carbocycles. The van der Waals surface area contributed by atoms with E-state index in [1.165, 1.54) is 0 Å². The van der Waals surface area contributed by atoms with Crippen molar-refractivity contribution in [2.75, 3.05) is 25.1 Å². The summed E-state index contributed by atoms with van der Waals surface area (Å²) in [5.41, 5.74) is 1.62. The maximum atomic E-state index is 12.2. The van der Waals surface area contributed by atoms with E-state index in [0.717, 1.165) is 5.56 Å². The van der Waals surface area contributed by atoms with E-state index in [-0.39, 0.29) is 12.6 Å². The standard InChI is InChI=1S/C19H21ClN2O4/c1-13(14-6-2-4-8-16(14)20)22-18(24)12-26-19(25)15-7-3-5-9-17(15)21-10-11-23/h2-9,13,21,23H,10-12H2,1H3,(H,22,24)/t13-/m0/s1. The molecule has 3 N–H and O–H groups in total. The quantitative estimate of drug-likeness (QED) is 0.616. The number of esters is 1. The average molecular weight is 377 g/mol. The van der Waals surface area contributed by atoms with Gasteiger partial charge in [-0.2, -0.15) is 0 Å². The normalized spacial score (nSPS) is 11.5. The highest BCUT2D eigenvalue weighted by Crippen LogP contribution is 2.22. The highest BCUT2D eigenvalue weighted by Gasteiger charge is 2.16. The zero-order chi connectivity index (χ0) is 18.9. The second-order valence-electron chi connectivity index (χ2n) is 5.58. The van der Waals surface area contributed by atoms with Crippen LogP contribution >= 0.6 is 11.6 Å². The number of amides is 1. The summed E-state index contributed by atoms with van der Waals surface area (Å²) in [5.74, 6) is -1.04. The van der Waals surface area contributed by atoms with E-state index in [4.69, 9.17) is 21.4 Å². The largest absolute Gasteiger partial charge is 0.452 e. The first kappa shape index (κ1) is 19.8. The molecule has 7 heteroatoms. The number of ether oxygens (including phenoxy) is 1. The Morgan fingerprint density at radius 3 is 2.58 bits per heavy atom. The molecule has 1 atom stereocenters. The number of nitrogens with one attached hydrogen (secondary N) is 2. The van der Waals surface area contributed by atoms with Gasteiger partial charge in [0, 0.05) is 17.3 Å². The topological polar surface area (TPSA) is 87.7 Å². The molecule has 6 nitrogen and oxygen atoms in total. The van der Waals surface area contributed by atoms with Crippen LogP contribution in [0.4, 0.5) is 5.69 Å². The van der Waals surface area contributed by atoms with Crippen LogP contribution in [0.25, 0.3) is 0 Å². The molecule has 0 radical (unpaired) electrons. The molecule has 2 rings (SSSR count). The SMILES string of the molecule is C[C@H](NC(=O)COC(=O)c1ccccc1NCCO)c1ccccc1Cl. The molecule has 0 aliphatic carbocycles. The zero-order valence-corrected chi connectivity index (χ0v) is 15.1. The Bertz CT molecular complexity index is 767. The molecule has 0 saturated heterocycles. The lowest BCUT2D eigenvalue weighted by Crippen LogP contribution is -2.31. The van der Waals surface area contributed by atoms with Crippen molar-refractivity contribution in [2.24, 2.45) is 0 Å². The second kappa shape index (κ2) is 9.79. The van der Waals surface area contributed by atoms with Crippen molar-refractivity contribution < 1.29 is 19.4 Å². The number of hydrogen-bond donors (Lipinski definition) is 3. The number of halogens is 1. The van der Waals surface area contributed by atoms with Gasteiger partial charge in [0.15, 0.2) is 6.61 Å². The van der Waals surface area contributed by atoms with Crippen molar-refractivity contribution in [1.29, 1.82) is 0 Å². The summed E-state index contributed by atoms with van der Waals surface area (Å²) in [4.78, 5) is 24.3. The van der Waals surface area contributed by atoms with E-state index in [9.17, 15) is 9.59 Å². The van der Waals surface area contributed by atoms with E-state index in [2.05, 4.69) is 10.6 Å². The van der Waals surface area contributed by atoms with Crippen molar-refractivity contribution in [3.8, 4) is 0 Å². The smallest absolute Gasteiger partial charge is 0.340 e. The van der Waals surface area contributed by atoms with E-state index >= 15 is 0 Å². The monoisotopic (exact) mass is 376 g/mol. The number of benzene rings is 2. The molecule has 0 spiro atoms. The Kier molecular flexibility index (Phi) is 7.44. The minimum atomic E-state index is -0.619. The Morgan fingerprint density at radius 2 is 1.85 bits per heavy atom. The summed E-state index contributed by atoms with van der Waals surface area (Å²) in [6, 6.07) is 13.6. The number of carbonyl (C=O) groups excluding carboxylic acids is 2. The van der Waals surface area contributed by atoms with Gasteiger partial charge >= 0.3 is 5.97 Å². The number of rotatable bonds is 8. The Morgan fingerprint density at radius 1 is 1.15 bits per heavy atom. The molecule has 0 aliphatic rings. The highest BCUT2D eigenvalue weighted by molar-refractivity contribution is 6.31. The van der Waals surface area contributed by atoms with Gasteiger partial charge in [0.05, 0.1) is 18.2 Å². The van der Waals surface area contributed by atoms with Crippen LogP contribution in [0.5, 0.6) is 0 Å². The van der Waals surface area contributed by atoms with Gasteiger partial charge in [0.25, 0.3) is 5.91 Å². The Balaban J connectivity index is 1.91. The average Bonchev–Trinajstić information content (AvgIpc) is 2.65. The lowest BCUT2D eigenvalue weighted by Gasteiger charge is -2.16. The molecular formula is C19H21ClN2O4. The van der Waals surface area contributed by atoms with Crippen molar-refractivity contribution in [3.05, 3.63) is 64.7 Å². The van der Waals surface area contributed by atoms with Gasteiger partial charge in [-0.25, -0.2) is 4.79 Å². The molecule has 1 amide bonds. The van der Waals surface area contributed by atoms with Crippen molar-refractivity contribution >= 4 is 29.2 Å². The number of para-hydroxylation sites is 1. The van der Waals surface area contributed by atoms with Crippen LogP contribution in [0.2, 0.25) is 5.02 Å². The number of anilines is 1. The van der Waals surface area contributed by atoms with Crippen LogP contribution in [0.1, 0.15) is 28.9 Å². The van der Waals surface area contributed by atoms with E-state index < -0.39 is 18.5 Å². The van der Waals surface area contributed by atoms with Crippen LogP contribution in [0.15, 0.2) is 48.5 Å². The lowest BCUT2D eigenvalue weighted by molar-refractivity contribution is -0.124. The van der Waals surface area contributed by atoms with Gasteiger partial charge < -0.3 is 20.5 Å². The maximum Gasteiger partial charge on any atom is 0.340 e. The molecular weight excluding hydrogens is 356 g/mol. The van der Waals surface area contributed by atoms with E-state index in [1.807, 2.05) is 18.2 Å². The fraction of sp³-hybridized carbons (Fsp3) is 0.263. The summed E-state index contributed by atoms with van der Waals surface area (Å²) in [5, 5.41) is 15.1. The molecule has 0 heterocycles. The maximum absolute atomic E-state index is 12.2. The second-order valence-corrected chi connectivity index (χ2v) is 5.99. The molecule has 0 aromatic heterocycles. The molecule has 0 unspecified atom stereocenters. The Hall–Kier alpha value is -2.57. The summed E-state index contributed by atoms with van der Waals surface area (Å²) >= 11 is 6.11. The number of aliphatic hydroxyl groups excluding tert-OH is 1. The first-order valence-electron chi connectivity index (χ1n) is 8.17. The van der Waals surface area contributed by atoms with Crippen molar-refractivity contribution in [2.45, 2.75) is 13.0 Å². The number of hydrogen-bond acceptors (Lipinski definition) is 5. The molecule has 2 aromatic carbocycles. The molecule has 138 valence electrons. The fourth-order valence-corrected chi connectivity index (χ4v) is 2.70. The third-order valence-electron chi connectivity index (χ3n) is 3.66. The first-order valence-corrected chi connectivity index (χ1v) is 8.55. The van der Waals surface area contributed by atoms with Crippen LogP contribution in [-0.2, 0) is 9.53 Å². The van der Waals surface area contributed by atoms with Gasteiger partial charge in [-0.15, -0.1) is 0 Å². The van der Waals surface area contributed by atoms with Gasteiger partial charge in [0.2, 0.25) is 0 Å². The van der Waals surface area contributed by atoms with Crippen molar-refractivity contribution in [1.82, 2.24) is 5.32 Å². The molecule has 0 fully saturated rings. The van der Waals surface area contributed by atoms with Crippen LogP contribution in [0, 0.1) is 0 Å². The van der Waals surface area contributed by atoms with Gasteiger partial charge in [0.1, 0.15) is 0 Å². The van der Waals surface area contributed by atoms with Crippen LogP contribution < -0.4 is 10.6 Å². The third-order valence-corrected chi connectivity index (χ3v) is 4.00. The summed E-state index contributed by atoms with van der Waals surface area (Å²) in [7, 11) is 0. The predicted octanol–water partition coefficient (Wildman–Crippen LogP) is 2.78. The number of carbonyl (C=O) groups is 2. The molecule has 0 aliphatic heterocycles. The first-order chi connectivity index (χ1) is 12.5. The fourth-order valence-electron chi connectivity index (χ4n) is 2.40. The minimum absolute atomic E-state index is 0.0638. The van der Waals surface area contributed by atoms with Gasteiger partial charge in [-0.05, 0) is 30.7 Å². The van der Waals surface area contributed by atoms with Crippen molar-refractivity contribution in [3.63, 3.8) is 0 Å². The van der Waals surface area contributed by atoms with Crippen LogP contribution in [-0.4, -0.2) is 36.7 Å². The van der Waals surface area contributed by atoms with Crippen LogP contribution in [0.3, 0.4) is 0 Å². The zero-order valence-electron chi connectivity index (χ0n) is 14.4. The van der Waals surface area contributed by atoms with Gasteiger partial charge in [-0.1, -0.05) is 41.9 Å². The van der Waals surface area contributed by atoms with E-state index in [1.54, 1.807) is 37.3 Å². The minimum Gasteiger partial charge on any atom is -0.452 e. The summed E-state index contributed by atoms with van der Waals surface area (Å²) in [6.45, 7) is 1.64. The van der Waals surface area contributed by atoms with E-state index in [0.29, 0.717) is 22.8 Å². The summed E-state index contributed by atoms with van der Waals surface area (Å²) < 4.78 is 5.09. The third kappa shape index (κ3) is 5.47.